The van der Waals surface area contributed by atoms with Gasteiger partial charge in [0.25, 0.3) is 0 Å². The Morgan fingerprint density at radius 1 is 1.21 bits per heavy atom. The van der Waals surface area contributed by atoms with Crippen LogP contribution in [0.4, 0.5) is 13.2 Å². The maximum Gasteiger partial charge on any atom is 0.573 e. The fourth-order valence-corrected chi connectivity index (χ4v) is 1.81. The summed E-state index contributed by atoms with van der Waals surface area (Å²) in [6.07, 6.45) is -4.70. The van der Waals surface area contributed by atoms with Crippen LogP contribution < -0.4 is 4.74 Å². The Balaban J connectivity index is 2.88. The summed E-state index contributed by atoms with van der Waals surface area (Å²) in [5.74, 6) is -0.285. The van der Waals surface area contributed by atoms with Crippen LogP contribution in [0.5, 0.6) is 5.75 Å². The monoisotopic (exact) mass is 272 g/mol. The molecule has 0 bridgehead atoms. The predicted octanol–water partition coefficient (Wildman–Crippen LogP) is 3.49. The number of benzene rings is 1. The second-order valence-corrected chi connectivity index (χ2v) is 3.87. The van der Waals surface area contributed by atoms with Gasteiger partial charge in [-0.05, 0) is 30.8 Å². The molecule has 1 rings (SSSR count). The van der Waals surface area contributed by atoms with Gasteiger partial charge in [0.15, 0.2) is 0 Å². The summed E-state index contributed by atoms with van der Waals surface area (Å²) in [5.41, 5.74) is 0.653. The van der Waals surface area contributed by atoms with E-state index in [0.717, 1.165) is 0 Å². The SMILES string of the molecule is CCN(CC)C(C#N)c1ccc(OC(F)(F)F)cc1. The molecule has 0 N–H and O–H groups in total. The van der Waals surface area contributed by atoms with Gasteiger partial charge in [-0.25, -0.2) is 0 Å². The quantitative estimate of drug-likeness (QED) is 0.823. The molecule has 1 unspecified atom stereocenters. The van der Waals surface area contributed by atoms with Crippen LogP contribution in [0.15, 0.2) is 24.3 Å². The molecule has 1 aromatic carbocycles. The van der Waals surface area contributed by atoms with Gasteiger partial charge in [0, 0.05) is 0 Å². The number of rotatable bonds is 5. The van der Waals surface area contributed by atoms with Crippen molar-refractivity contribution in [2.75, 3.05) is 13.1 Å². The maximum atomic E-state index is 12.0. The van der Waals surface area contributed by atoms with Gasteiger partial charge >= 0.3 is 6.36 Å². The van der Waals surface area contributed by atoms with Crippen LogP contribution in [-0.4, -0.2) is 24.4 Å². The first-order valence-corrected chi connectivity index (χ1v) is 5.90. The van der Waals surface area contributed by atoms with Gasteiger partial charge in [-0.15, -0.1) is 13.2 Å². The summed E-state index contributed by atoms with van der Waals surface area (Å²) in [6.45, 7) is 5.23. The van der Waals surface area contributed by atoms with Crippen LogP contribution >= 0.6 is 0 Å². The zero-order valence-corrected chi connectivity index (χ0v) is 10.7. The van der Waals surface area contributed by atoms with Gasteiger partial charge in [-0.3, -0.25) is 4.90 Å². The summed E-state index contributed by atoms with van der Waals surface area (Å²) in [4.78, 5) is 1.92. The summed E-state index contributed by atoms with van der Waals surface area (Å²) >= 11 is 0. The molecule has 0 spiro atoms. The fraction of sp³-hybridized carbons (Fsp3) is 0.462. The highest BCUT2D eigenvalue weighted by molar-refractivity contribution is 5.31. The van der Waals surface area contributed by atoms with Gasteiger partial charge in [0.1, 0.15) is 11.8 Å². The van der Waals surface area contributed by atoms with Crippen LogP contribution in [0.3, 0.4) is 0 Å². The van der Waals surface area contributed by atoms with Crippen LogP contribution in [0.1, 0.15) is 25.5 Å². The molecule has 0 heterocycles. The molecule has 1 aromatic rings. The van der Waals surface area contributed by atoms with Crippen LogP contribution in [0.2, 0.25) is 0 Å². The number of halogens is 3. The molecule has 1 atom stereocenters. The van der Waals surface area contributed by atoms with E-state index in [1.807, 2.05) is 18.7 Å². The number of ether oxygens (including phenoxy) is 1. The topological polar surface area (TPSA) is 36.3 Å². The molecule has 104 valence electrons. The van der Waals surface area contributed by atoms with Crippen molar-refractivity contribution in [2.45, 2.75) is 26.3 Å². The average Bonchev–Trinajstić information content (AvgIpc) is 2.35. The van der Waals surface area contributed by atoms with Gasteiger partial charge in [0.2, 0.25) is 0 Å². The minimum Gasteiger partial charge on any atom is -0.406 e. The van der Waals surface area contributed by atoms with Crippen molar-refractivity contribution in [1.29, 1.82) is 5.26 Å². The number of hydrogen-bond acceptors (Lipinski definition) is 3. The number of alkyl halides is 3. The van der Waals surface area contributed by atoms with Crippen molar-refractivity contribution in [3.63, 3.8) is 0 Å². The van der Waals surface area contributed by atoms with Crippen molar-refractivity contribution >= 4 is 0 Å². The zero-order valence-electron chi connectivity index (χ0n) is 10.7. The number of nitriles is 1. The molecule has 0 fully saturated rings. The van der Waals surface area contributed by atoms with Crippen LogP contribution in [0, 0.1) is 11.3 Å². The molecule has 0 saturated carbocycles. The minimum absolute atomic E-state index is 0.285. The molecule has 0 aromatic heterocycles. The molecule has 19 heavy (non-hydrogen) atoms. The molecular weight excluding hydrogens is 257 g/mol. The summed E-state index contributed by atoms with van der Waals surface area (Å²) in [7, 11) is 0. The number of nitrogens with zero attached hydrogens (tertiary/aromatic N) is 2. The van der Waals surface area contributed by atoms with Crippen molar-refractivity contribution < 1.29 is 17.9 Å². The summed E-state index contributed by atoms with van der Waals surface area (Å²) in [6, 6.07) is 7.08. The molecule has 0 amide bonds. The lowest BCUT2D eigenvalue weighted by Gasteiger charge is -2.24. The summed E-state index contributed by atoms with van der Waals surface area (Å²) < 4.78 is 39.9. The van der Waals surface area contributed by atoms with Crippen LogP contribution in [-0.2, 0) is 0 Å². The second-order valence-electron chi connectivity index (χ2n) is 3.87. The molecule has 6 heteroatoms. The standard InChI is InChI=1S/C13H15F3N2O/c1-3-18(4-2)12(9-17)10-5-7-11(8-6-10)19-13(14,15)16/h5-8,12H,3-4H2,1-2H3. The Morgan fingerprint density at radius 2 is 1.74 bits per heavy atom. The highest BCUT2D eigenvalue weighted by atomic mass is 19.4. The average molecular weight is 272 g/mol. The zero-order chi connectivity index (χ0) is 14.5. The Morgan fingerprint density at radius 3 is 2.11 bits per heavy atom. The molecule has 0 aliphatic carbocycles. The van der Waals surface area contributed by atoms with E-state index in [2.05, 4.69) is 10.8 Å². The van der Waals surface area contributed by atoms with Gasteiger partial charge < -0.3 is 4.74 Å². The third-order valence-electron chi connectivity index (χ3n) is 2.73. The van der Waals surface area contributed by atoms with E-state index < -0.39 is 12.4 Å². The van der Waals surface area contributed by atoms with Crippen molar-refractivity contribution in [3.8, 4) is 11.8 Å². The third-order valence-corrected chi connectivity index (χ3v) is 2.73. The highest BCUT2D eigenvalue weighted by Crippen LogP contribution is 2.26. The third kappa shape index (κ3) is 4.45. The Labute approximate surface area is 110 Å². The smallest absolute Gasteiger partial charge is 0.406 e. The predicted molar refractivity (Wildman–Crippen MR) is 64.4 cm³/mol. The normalized spacial score (nSPS) is 13.1. The first-order chi connectivity index (χ1) is 8.91. The minimum atomic E-state index is -4.70. The van der Waals surface area contributed by atoms with E-state index in [1.54, 1.807) is 0 Å². The lowest BCUT2D eigenvalue weighted by atomic mass is 10.1. The Hall–Kier alpha value is -1.74. The van der Waals surface area contributed by atoms with Crippen molar-refractivity contribution in [3.05, 3.63) is 29.8 Å². The van der Waals surface area contributed by atoms with Crippen LogP contribution in [0.25, 0.3) is 0 Å². The van der Waals surface area contributed by atoms with E-state index in [-0.39, 0.29) is 5.75 Å². The summed E-state index contributed by atoms with van der Waals surface area (Å²) in [5, 5.41) is 9.16. The maximum absolute atomic E-state index is 12.0. The second kappa shape index (κ2) is 6.43. The van der Waals surface area contributed by atoms with E-state index in [0.29, 0.717) is 18.7 Å². The van der Waals surface area contributed by atoms with Gasteiger partial charge in [0.05, 0.1) is 6.07 Å². The molecule has 3 nitrogen and oxygen atoms in total. The van der Waals surface area contributed by atoms with Crippen molar-refractivity contribution in [2.24, 2.45) is 0 Å². The van der Waals surface area contributed by atoms with E-state index in [4.69, 9.17) is 5.26 Å². The van der Waals surface area contributed by atoms with E-state index in [9.17, 15) is 13.2 Å². The van der Waals surface area contributed by atoms with E-state index in [1.165, 1.54) is 24.3 Å². The van der Waals surface area contributed by atoms with Crippen molar-refractivity contribution in [1.82, 2.24) is 4.90 Å². The molecule has 0 radical (unpaired) electrons. The molecular formula is C13H15F3N2O. The largest absolute Gasteiger partial charge is 0.573 e. The lowest BCUT2D eigenvalue weighted by Crippen LogP contribution is -2.27. The highest BCUT2D eigenvalue weighted by Gasteiger charge is 2.31. The Kier molecular flexibility index (Phi) is 5.19. The lowest BCUT2D eigenvalue weighted by molar-refractivity contribution is -0.274. The van der Waals surface area contributed by atoms with Gasteiger partial charge in [-0.2, -0.15) is 5.26 Å². The first kappa shape index (κ1) is 15.3. The first-order valence-electron chi connectivity index (χ1n) is 5.90. The molecule has 0 aliphatic rings. The molecule has 0 saturated heterocycles. The fourth-order valence-electron chi connectivity index (χ4n) is 1.81. The van der Waals surface area contributed by atoms with E-state index >= 15 is 0 Å². The number of hydrogen-bond donors (Lipinski definition) is 0. The molecule has 0 aliphatic heterocycles. The van der Waals surface area contributed by atoms with Gasteiger partial charge in [-0.1, -0.05) is 26.0 Å². The Bertz CT molecular complexity index is 433.